The Bertz CT molecular complexity index is 988. The largest absolute Gasteiger partial charge is 0.416 e. The Hall–Kier alpha value is -2.39. The van der Waals surface area contributed by atoms with Gasteiger partial charge in [0.2, 0.25) is 5.91 Å². The van der Waals surface area contributed by atoms with Gasteiger partial charge in [-0.05, 0) is 61.3 Å². The van der Waals surface area contributed by atoms with Crippen LogP contribution >= 0.6 is 0 Å². The second kappa shape index (κ2) is 8.77. The van der Waals surface area contributed by atoms with Crippen molar-refractivity contribution in [3.05, 3.63) is 59.7 Å². The number of carbonyl (C=O) groups is 1. The highest BCUT2D eigenvalue weighted by Gasteiger charge is 2.31. The van der Waals surface area contributed by atoms with Crippen LogP contribution in [0, 0.1) is 0 Å². The molecule has 1 atom stereocenters. The lowest BCUT2D eigenvalue weighted by Crippen LogP contribution is -2.39. The van der Waals surface area contributed by atoms with Crippen LogP contribution in [0.4, 0.5) is 18.9 Å². The number of likely N-dealkylation sites (tertiary alicyclic amines) is 1. The molecule has 3 rings (SSSR count). The molecule has 0 saturated carbocycles. The molecule has 0 bridgehead atoms. The van der Waals surface area contributed by atoms with Gasteiger partial charge in [0.05, 0.1) is 17.0 Å². The second-order valence-electron chi connectivity index (χ2n) is 7.45. The summed E-state index contributed by atoms with van der Waals surface area (Å²) in [6.45, 7) is 0.769. The van der Waals surface area contributed by atoms with Gasteiger partial charge in [-0.1, -0.05) is 18.6 Å². The number of rotatable bonds is 5. The number of nitrogens with one attached hydrogen (secondary N) is 1. The lowest BCUT2D eigenvalue weighted by Gasteiger charge is -2.35. The van der Waals surface area contributed by atoms with Gasteiger partial charge in [0.15, 0.2) is 9.84 Å². The van der Waals surface area contributed by atoms with Crippen LogP contribution in [0.2, 0.25) is 0 Å². The smallest absolute Gasteiger partial charge is 0.325 e. The number of anilines is 1. The van der Waals surface area contributed by atoms with Crippen molar-refractivity contribution in [1.82, 2.24) is 4.90 Å². The number of nitrogens with zero attached hydrogens (tertiary/aromatic N) is 1. The van der Waals surface area contributed by atoms with Gasteiger partial charge in [-0.15, -0.1) is 0 Å². The van der Waals surface area contributed by atoms with Crippen molar-refractivity contribution < 1.29 is 26.4 Å². The zero-order valence-corrected chi connectivity index (χ0v) is 17.3. The number of piperidine rings is 1. The summed E-state index contributed by atoms with van der Waals surface area (Å²) in [5.41, 5.74) is 0.549. The van der Waals surface area contributed by atoms with E-state index in [9.17, 15) is 26.4 Å². The first-order valence-electron chi connectivity index (χ1n) is 9.55. The normalized spacial score (nSPS) is 18.2. The average molecular weight is 440 g/mol. The molecule has 1 saturated heterocycles. The standard InChI is InChI=1S/C21H23F3N2O3S/c1-30(28,29)18-11-9-17(10-12-18)25-20(27)14-26-13-3-2-4-19(26)15-5-7-16(8-6-15)21(22,23)24/h5-12,19H,2-4,13-14H2,1H3,(H,25,27). The molecule has 30 heavy (non-hydrogen) atoms. The first-order valence-corrected chi connectivity index (χ1v) is 11.4. The van der Waals surface area contributed by atoms with Crippen LogP contribution in [0.15, 0.2) is 53.4 Å². The number of amides is 1. The van der Waals surface area contributed by atoms with Crippen molar-refractivity contribution in [1.29, 1.82) is 0 Å². The number of benzene rings is 2. The van der Waals surface area contributed by atoms with E-state index in [1.165, 1.54) is 36.4 Å². The topological polar surface area (TPSA) is 66.5 Å². The Morgan fingerprint density at radius 3 is 2.27 bits per heavy atom. The summed E-state index contributed by atoms with van der Waals surface area (Å²) in [5, 5.41) is 2.74. The van der Waals surface area contributed by atoms with Crippen LogP contribution in [-0.2, 0) is 20.8 Å². The number of sulfone groups is 1. The van der Waals surface area contributed by atoms with Crippen LogP contribution in [-0.4, -0.2) is 38.6 Å². The van der Waals surface area contributed by atoms with Gasteiger partial charge >= 0.3 is 6.18 Å². The van der Waals surface area contributed by atoms with E-state index in [0.29, 0.717) is 12.2 Å². The summed E-state index contributed by atoms with van der Waals surface area (Å²) in [5.74, 6) is -0.263. The highest BCUT2D eigenvalue weighted by Crippen LogP contribution is 2.34. The molecule has 2 aromatic carbocycles. The molecule has 5 nitrogen and oxygen atoms in total. The molecule has 2 aromatic rings. The summed E-state index contributed by atoms with van der Waals surface area (Å²) >= 11 is 0. The predicted molar refractivity (Wildman–Crippen MR) is 108 cm³/mol. The van der Waals surface area contributed by atoms with Crippen LogP contribution < -0.4 is 5.32 Å². The number of halogens is 3. The molecular formula is C21H23F3N2O3S. The number of hydrogen-bond acceptors (Lipinski definition) is 4. The first-order chi connectivity index (χ1) is 14.0. The van der Waals surface area contributed by atoms with Crippen molar-refractivity contribution in [2.24, 2.45) is 0 Å². The average Bonchev–Trinajstić information content (AvgIpc) is 2.67. The van der Waals surface area contributed by atoms with E-state index >= 15 is 0 Å². The minimum absolute atomic E-state index is 0.0967. The molecule has 162 valence electrons. The molecule has 0 aliphatic carbocycles. The van der Waals surface area contributed by atoms with E-state index in [-0.39, 0.29) is 23.4 Å². The van der Waals surface area contributed by atoms with Gasteiger partial charge < -0.3 is 5.32 Å². The fraction of sp³-hybridized carbons (Fsp3) is 0.381. The van der Waals surface area contributed by atoms with Crippen LogP contribution in [0.25, 0.3) is 0 Å². The molecule has 1 amide bonds. The van der Waals surface area contributed by atoms with Crippen molar-refractivity contribution in [3.63, 3.8) is 0 Å². The lowest BCUT2D eigenvalue weighted by atomic mass is 9.94. The van der Waals surface area contributed by atoms with Crippen molar-refractivity contribution in [2.45, 2.75) is 36.4 Å². The lowest BCUT2D eigenvalue weighted by molar-refractivity contribution is -0.137. The van der Waals surface area contributed by atoms with Crippen molar-refractivity contribution in [2.75, 3.05) is 24.7 Å². The Balaban J connectivity index is 1.67. The minimum Gasteiger partial charge on any atom is -0.325 e. The van der Waals surface area contributed by atoms with Gasteiger partial charge in [-0.3, -0.25) is 9.69 Å². The van der Waals surface area contributed by atoms with Gasteiger partial charge in [0, 0.05) is 18.0 Å². The molecule has 1 N–H and O–H groups in total. The van der Waals surface area contributed by atoms with Gasteiger partial charge in [-0.2, -0.15) is 13.2 Å². The van der Waals surface area contributed by atoms with E-state index in [1.54, 1.807) is 0 Å². The number of carbonyl (C=O) groups excluding carboxylic acids is 1. The molecule has 1 aliphatic heterocycles. The zero-order chi connectivity index (χ0) is 21.9. The quantitative estimate of drug-likeness (QED) is 0.754. The highest BCUT2D eigenvalue weighted by molar-refractivity contribution is 7.90. The third-order valence-corrected chi connectivity index (χ3v) is 6.28. The molecule has 0 spiro atoms. The van der Waals surface area contributed by atoms with Crippen LogP contribution in [0.3, 0.4) is 0 Å². The molecular weight excluding hydrogens is 417 g/mol. The third kappa shape index (κ3) is 5.60. The molecule has 0 aromatic heterocycles. The molecule has 1 heterocycles. The Morgan fingerprint density at radius 1 is 1.07 bits per heavy atom. The van der Waals surface area contributed by atoms with E-state index in [1.807, 2.05) is 4.90 Å². The maximum absolute atomic E-state index is 12.8. The monoisotopic (exact) mass is 440 g/mol. The van der Waals surface area contributed by atoms with Gasteiger partial charge in [0.1, 0.15) is 0 Å². The fourth-order valence-electron chi connectivity index (χ4n) is 3.62. The van der Waals surface area contributed by atoms with E-state index in [0.717, 1.165) is 43.2 Å². The summed E-state index contributed by atoms with van der Waals surface area (Å²) in [6.07, 6.45) is -0.651. The molecule has 9 heteroatoms. The fourth-order valence-corrected chi connectivity index (χ4v) is 4.25. The predicted octanol–water partition coefficient (Wildman–Crippen LogP) is 4.27. The SMILES string of the molecule is CS(=O)(=O)c1ccc(NC(=O)CN2CCCCC2c2ccc(C(F)(F)F)cc2)cc1. The Morgan fingerprint density at radius 2 is 1.70 bits per heavy atom. The van der Waals surface area contributed by atoms with Crippen molar-refractivity contribution in [3.8, 4) is 0 Å². The molecule has 1 aliphatic rings. The Kier molecular flexibility index (Phi) is 6.52. The maximum atomic E-state index is 12.8. The maximum Gasteiger partial charge on any atom is 0.416 e. The summed E-state index contributed by atoms with van der Waals surface area (Å²) in [6, 6.07) is 10.9. The van der Waals surface area contributed by atoms with E-state index in [2.05, 4.69) is 5.32 Å². The van der Waals surface area contributed by atoms with E-state index in [4.69, 9.17) is 0 Å². The Labute approximate surface area is 173 Å². The third-order valence-electron chi connectivity index (χ3n) is 5.15. The number of alkyl halides is 3. The summed E-state index contributed by atoms with van der Waals surface area (Å²) in [7, 11) is -3.31. The number of hydrogen-bond donors (Lipinski definition) is 1. The zero-order valence-electron chi connectivity index (χ0n) is 16.4. The van der Waals surface area contributed by atoms with E-state index < -0.39 is 21.6 Å². The molecule has 1 unspecified atom stereocenters. The van der Waals surface area contributed by atoms with Gasteiger partial charge in [-0.25, -0.2) is 8.42 Å². The second-order valence-corrected chi connectivity index (χ2v) is 9.46. The summed E-state index contributed by atoms with van der Waals surface area (Å²) < 4.78 is 61.5. The molecule has 1 fully saturated rings. The minimum atomic E-state index is -4.38. The van der Waals surface area contributed by atoms with Gasteiger partial charge in [0.25, 0.3) is 0 Å². The molecule has 0 radical (unpaired) electrons. The van der Waals surface area contributed by atoms with Crippen LogP contribution in [0.1, 0.15) is 36.4 Å². The summed E-state index contributed by atoms with van der Waals surface area (Å²) in [4.78, 5) is 14.6. The van der Waals surface area contributed by atoms with Crippen molar-refractivity contribution >= 4 is 21.4 Å². The first kappa shape index (κ1) is 22.3. The van der Waals surface area contributed by atoms with Crippen LogP contribution in [0.5, 0.6) is 0 Å². The highest BCUT2D eigenvalue weighted by atomic mass is 32.2.